The Labute approximate surface area is 381 Å². The SMILES string of the molecule is CC(C=CC=C(C)C=CC1=C(C)C(=O)C(Nc2cnc(C)c(Br)c2)CC1(C)C)=CC=CC=C(C)C=CC=C(C)C=CC1=C(C)C(=O)C(N)(Nc2cnc(C)c(Br)c2)CC1(C)C. The third-order valence-electron chi connectivity index (χ3n) is 11.2. The predicted octanol–water partition coefficient (Wildman–Crippen LogP) is 13.4. The highest BCUT2D eigenvalue weighted by atomic mass is 79.9. The lowest BCUT2D eigenvalue weighted by molar-refractivity contribution is -0.121. The van der Waals surface area contributed by atoms with Gasteiger partial charge in [0.1, 0.15) is 0 Å². The van der Waals surface area contributed by atoms with Crippen molar-refractivity contribution >= 4 is 54.8 Å². The summed E-state index contributed by atoms with van der Waals surface area (Å²) in [5, 5.41) is 6.68. The summed E-state index contributed by atoms with van der Waals surface area (Å²) in [6.07, 6.45) is 33.5. The molecule has 0 saturated carbocycles. The maximum atomic E-state index is 13.6. The first-order chi connectivity index (χ1) is 28.5. The van der Waals surface area contributed by atoms with E-state index in [1.165, 1.54) is 0 Å². The van der Waals surface area contributed by atoms with Gasteiger partial charge in [-0.25, -0.2) is 0 Å². The van der Waals surface area contributed by atoms with Crippen LogP contribution in [0.1, 0.15) is 93.5 Å². The van der Waals surface area contributed by atoms with Crippen LogP contribution in [0, 0.1) is 24.7 Å². The zero-order chi connectivity index (χ0) is 45.3. The lowest BCUT2D eigenvalue weighted by atomic mass is 9.67. The van der Waals surface area contributed by atoms with Crippen molar-refractivity contribution in [3.8, 4) is 0 Å². The highest BCUT2D eigenvalue weighted by molar-refractivity contribution is 9.10. The number of anilines is 2. The van der Waals surface area contributed by atoms with E-state index in [1.807, 2.05) is 58.1 Å². The number of pyridine rings is 2. The molecule has 2 aliphatic carbocycles. The lowest BCUT2D eigenvalue weighted by Crippen LogP contribution is -2.60. The number of Topliss-reactive ketones (excluding diaryl/α,β-unsaturated/α-hetero) is 2. The normalized spacial score (nSPS) is 22.0. The topological polar surface area (TPSA) is 110 Å². The molecular weight excluding hydrogens is 886 g/mol. The van der Waals surface area contributed by atoms with E-state index in [4.69, 9.17) is 5.73 Å². The minimum atomic E-state index is -1.23. The summed E-state index contributed by atoms with van der Waals surface area (Å²) in [6, 6.07) is 3.58. The van der Waals surface area contributed by atoms with Gasteiger partial charge in [0.15, 0.2) is 17.2 Å². The van der Waals surface area contributed by atoms with Crippen LogP contribution >= 0.6 is 31.9 Å². The Morgan fingerprint density at radius 2 is 1.11 bits per heavy atom. The van der Waals surface area contributed by atoms with Crippen molar-refractivity contribution in [3.05, 3.63) is 175 Å². The Balaban J connectivity index is 1.31. The number of carbonyl (C=O) groups is 2. The van der Waals surface area contributed by atoms with Crippen LogP contribution in [0.5, 0.6) is 0 Å². The summed E-state index contributed by atoms with van der Waals surface area (Å²) in [5.74, 6) is 0.00671. The number of carbonyl (C=O) groups excluding carboxylic acids is 2. The number of nitrogens with one attached hydrogen (secondary N) is 2. The van der Waals surface area contributed by atoms with Crippen LogP contribution in [0.4, 0.5) is 11.4 Å². The molecule has 0 aliphatic heterocycles. The number of hydrogen-bond acceptors (Lipinski definition) is 7. The number of ketones is 2. The maximum Gasteiger partial charge on any atom is 0.198 e. The second-order valence-electron chi connectivity index (χ2n) is 17.7. The molecule has 322 valence electrons. The Hall–Kier alpha value is -4.70. The average molecular weight is 950 g/mol. The molecule has 2 heterocycles. The average Bonchev–Trinajstić information content (AvgIpc) is 3.17. The molecule has 9 heteroatoms. The van der Waals surface area contributed by atoms with Crippen molar-refractivity contribution in [3.63, 3.8) is 0 Å². The van der Waals surface area contributed by atoms with Gasteiger partial charge in [-0.05, 0) is 139 Å². The molecule has 7 nitrogen and oxygen atoms in total. The molecular formula is C52H63Br2N5O2. The molecule has 2 unspecified atom stereocenters. The van der Waals surface area contributed by atoms with Gasteiger partial charge in [-0.15, -0.1) is 0 Å². The van der Waals surface area contributed by atoms with Gasteiger partial charge in [0, 0.05) is 15.4 Å². The van der Waals surface area contributed by atoms with Crippen molar-refractivity contribution in [2.45, 2.75) is 108 Å². The molecule has 2 aliphatic rings. The van der Waals surface area contributed by atoms with E-state index in [-0.39, 0.29) is 28.4 Å². The van der Waals surface area contributed by atoms with E-state index in [9.17, 15) is 9.59 Å². The molecule has 61 heavy (non-hydrogen) atoms. The molecule has 0 fully saturated rings. The molecule has 0 amide bonds. The number of aromatic nitrogens is 2. The second kappa shape index (κ2) is 20.9. The molecule has 0 saturated heterocycles. The van der Waals surface area contributed by atoms with E-state index in [0.717, 1.165) is 65.0 Å². The van der Waals surface area contributed by atoms with Crippen molar-refractivity contribution in [1.82, 2.24) is 9.97 Å². The first kappa shape index (κ1) is 49.0. The first-order valence-electron chi connectivity index (χ1n) is 20.7. The van der Waals surface area contributed by atoms with Gasteiger partial charge in [0.25, 0.3) is 0 Å². The largest absolute Gasteiger partial charge is 0.374 e. The molecule has 0 spiro atoms. The molecule has 2 atom stereocenters. The minimum absolute atomic E-state index is 0.114. The number of allylic oxidation sites excluding steroid dienone is 20. The highest BCUT2D eigenvalue weighted by Gasteiger charge is 2.46. The van der Waals surface area contributed by atoms with E-state index in [0.29, 0.717) is 24.1 Å². The molecule has 0 bridgehead atoms. The number of rotatable bonds is 14. The van der Waals surface area contributed by atoms with Gasteiger partial charge in [-0.1, -0.05) is 135 Å². The lowest BCUT2D eigenvalue weighted by Gasteiger charge is -2.43. The maximum absolute atomic E-state index is 13.6. The first-order valence-corrected chi connectivity index (χ1v) is 22.3. The van der Waals surface area contributed by atoms with Crippen LogP contribution in [-0.2, 0) is 9.59 Å². The van der Waals surface area contributed by atoms with Crippen LogP contribution in [0.2, 0.25) is 0 Å². The van der Waals surface area contributed by atoms with Crippen LogP contribution in [0.15, 0.2) is 163 Å². The molecule has 0 radical (unpaired) electrons. The summed E-state index contributed by atoms with van der Waals surface area (Å²) in [4.78, 5) is 35.8. The highest BCUT2D eigenvalue weighted by Crippen LogP contribution is 2.44. The second-order valence-corrected chi connectivity index (χ2v) is 19.4. The number of halogens is 2. The molecule has 4 N–H and O–H groups in total. The van der Waals surface area contributed by atoms with E-state index < -0.39 is 5.66 Å². The van der Waals surface area contributed by atoms with E-state index >= 15 is 0 Å². The standard InChI is InChI=1S/C52H63Br2N5O2/c1-33(19-15-21-35(3)23-25-43-37(5)48(60)47(29-50(43,9)10)58-41-27-45(53)39(7)56-30-41)17-13-14-18-34(2)20-16-22-36(4)24-26-44-38(6)49(61)52(55,32-51(44,11)12)59-42-28-46(54)40(8)57-31-42/h13-28,30-31,47,58-59H,29,32,55H2,1-12H3. The van der Waals surface area contributed by atoms with Gasteiger partial charge in [-0.2, -0.15) is 0 Å². The summed E-state index contributed by atoms with van der Waals surface area (Å²) >= 11 is 7.06. The van der Waals surface area contributed by atoms with Crippen LogP contribution in [0.3, 0.4) is 0 Å². The van der Waals surface area contributed by atoms with Gasteiger partial charge < -0.3 is 16.4 Å². The Kier molecular flexibility index (Phi) is 16.8. The van der Waals surface area contributed by atoms with Crippen LogP contribution in [0.25, 0.3) is 0 Å². The zero-order valence-corrected chi connectivity index (χ0v) is 41.1. The summed E-state index contributed by atoms with van der Waals surface area (Å²) in [5.41, 5.74) is 16.2. The quantitative estimate of drug-likeness (QED) is 0.128. The zero-order valence-electron chi connectivity index (χ0n) is 37.9. The smallest absolute Gasteiger partial charge is 0.198 e. The monoisotopic (exact) mass is 947 g/mol. The minimum Gasteiger partial charge on any atom is -0.374 e. The van der Waals surface area contributed by atoms with Crippen molar-refractivity contribution in [1.29, 1.82) is 0 Å². The number of aryl methyl sites for hydroxylation is 2. The van der Waals surface area contributed by atoms with Crippen molar-refractivity contribution in [2.75, 3.05) is 10.6 Å². The fourth-order valence-electron chi connectivity index (χ4n) is 7.76. The van der Waals surface area contributed by atoms with E-state index in [2.05, 4.69) is 175 Å². The summed E-state index contributed by atoms with van der Waals surface area (Å²) < 4.78 is 1.78. The van der Waals surface area contributed by atoms with Gasteiger partial charge in [0.2, 0.25) is 0 Å². The van der Waals surface area contributed by atoms with Crippen LogP contribution < -0.4 is 16.4 Å². The molecule has 0 aromatic carbocycles. The van der Waals surface area contributed by atoms with Gasteiger partial charge in [0.05, 0.1) is 41.2 Å². The third-order valence-corrected chi connectivity index (χ3v) is 12.8. The van der Waals surface area contributed by atoms with Crippen molar-refractivity contribution < 1.29 is 9.59 Å². The van der Waals surface area contributed by atoms with Crippen LogP contribution in [-0.4, -0.2) is 33.2 Å². The molecule has 2 aromatic rings. The molecule has 4 rings (SSSR count). The Bertz CT molecular complexity index is 2380. The fourth-order valence-corrected chi connectivity index (χ4v) is 8.46. The summed E-state index contributed by atoms with van der Waals surface area (Å²) in [6.45, 7) is 24.6. The molecule has 2 aromatic heterocycles. The van der Waals surface area contributed by atoms with Crippen molar-refractivity contribution in [2.24, 2.45) is 16.6 Å². The predicted molar refractivity (Wildman–Crippen MR) is 264 cm³/mol. The summed E-state index contributed by atoms with van der Waals surface area (Å²) in [7, 11) is 0. The van der Waals surface area contributed by atoms with E-state index in [1.54, 1.807) is 12.4 Å². The number of nitrogens with two attached hydrogens (primary N) is 1. The Morgan fingerprint density at radius 1 is 0.672 bits per heavy atom. The Morgan fingerprint density at radius 3 is 1.62 bits per heavy atom. The fraction of sp³-hybridized carbons (Fsp3) is 0.346. The third kappa shape index (κ3) is 13.4. The van der Waals surface area contributed by atoms with Gasteiger partial charge >= 0.3 is 0 Å². The number of hydrogen-bond donors (Lipinski definition) is 3. The number of nitrogens with zero attached hydrogens (tertiary/aromatic N) is 2. The van der Waals surface area contributed by atoms with Gasteiger partial charge in [-0.3, -0.25) is 19.6 Å².